The van der Waals surface area contributed by atoms with Crippen LogP contribution in [0.5, 0.6) is 0 Å². The minimum atomic E-state index is -2.28. The maximum absolute atomic E-state index is 13.5. The normalized spacial score (nSPS) is 18.7. The van der Waals surface area contributed by atoms with E-state index in [1.54, 1.807) is 0 Å². The highest BCUT2D eigenvalue weighted by molar-refractivity contribution is 6.18. The Hall–Kier alpha value is -1.37. The van der Waals surface area contributed by atoms with Gasteiger partial charge in [-0.15, -0.1) is 11.6 Å². The van der Waals surface area contributed by atoms with Crippen LogP contribution in [-0.2, 0) is 0 Å². The first-order chi connectivity index (χ1) is 9.38. The average molecular weight is 314 g/mol. The van der Waals surface area contributed by atoms with Gasteiger partial charge in [-0.05, 0) is 12.3 Å². The molecule has 1 aromatic carbocycles. The lowest BCUT2D eigenvalue weighted by Gasteiger charge is -2.17. The fraction of sp³-hybridized carbons (Fsp3) is 0.417. The van der Waals surface area contributed by atoms with Crippen molar-refractivity contribution in [1.29, 1.82) is 0 Å². The van der Waals surface area contributed by atoms with Crippen molar-refractivity contribution in [2.45, 2.75) is 6.42 Å². The van der Waals surface area contributed by atoms with Gasteiger partial charge in [0.15, 0.2) is 23.3 Å². The Balaban J connectivity index is 2.41. The van der Waals surface area contributed by atoms with Crippen LogP contribution in [0.3, 0.4) is 0 Å². The number of halogens is 6. The quantitative estimate of drug-likeness (QED) is 0.356. The zero-order valence-corrected chi connectivity index (χ0v) is 10.8. The van der Waals surface area contributed by atoms with Crippen LogP contribution in [0, 0.1) is 35.0 Å². The van der Waals surface area contributed by atoms with Gasteiger partial charge in [0.25, 0.3) is 5.91 Å². The molecule has 1 fully saturated rings. The fourth-order valence-corrected chi connectivity index (χ4v) is 2.35. The van der Waals surface area contributed by atoms with E-state index >= 15 is 0 Å². The molecule has 1 saturated heterocycles. The van der Waals surface area contributed by atoms with Crippen molar-refractivity contribution < 1.29 is 26.7 Å². The fourth-order valence-electron chi connectivity index (χ4n) is 2.09. The third kappa shape index (κ3) is 2.34. The number of hydrogen-bond acceptors (Lipinski definition) is 1. The summed E-state index contributed by atoms with van der Waals surface area (Å²) in [4.78, 5) is 12.9. The lowest BCUT2D eigenvalue weighted by Crippen LogP contribution is -2.31. The second-order valence-corrected chi connectivity index (χ2v) is 4.81. The number of likely N-dealkylation sites (tertiary alicyclic amines) is 1. The van der Waals surface area contributed by atoms with E-state index < -0.39 is 40.6 Å². The van der Waals surface area contributed by atoms with Crippen LogP contribution in [0.15, 0.2) is 0 Å². The highest BCUT2D eigenvalue weighted by atomic mass is 35.5. The molecule has 2 nitrogen and oxygen atoms in total. The molecular weight excluding hydrogens is 305 g/mol. The number of hydrogen-bond donors (Lipinski definition) is 0. The Kier molecular flexibility index (Phi) is 4.17. The molecule has 0 aromatic heterocycles. The number of nitrogens with zero attached hydrogens (tertiary/aromatic N) is 1. The van der Waals surface area contributed by atoms with E-state index in [2.05, 4.69) is 0 Å². The number of amides is 1. The summed E-state index contributed by atoms with van der Waals surface area (Å²) in [6.45, 7) is 0.289. The Morgan fingerprint density at radius 3 is 2.00 bits per heavy atom. The van der Waals surface area contributed by atoms with Crippen molar-refractivity contribution >= 4 is 17.5 Å². The number of carbonyl (C=O) groups is 1. The van der Waals surface area contributed by atoms with Crippen LogP contribution in [0.4, 0.5) is 22.0 Å². The Morgan fingerprint density at radius 1 is 1.05 bits per heavy atom. The SMILES string of the molecule is O=C(c1c(F)c(F)c(F)c(F)c1F)N1CCC(CCl)C1. The smallest absolute Gasteiger partial charge is 0.260 e. The van der Waals surface area contributed by atoms with Crippen molar-refractivity contribution in [3.63, 3.8) is 0 Å². The molecule has 0 spiro atoms. The van der Waals surface area contributed by atoms with E-state index in [-0.39, 0.29) is 24.9 Å². The summed E-state index contributed by atoms with van der Waals surface area (Å²) in [5, 5.41) is 0. The number of carbonyl (C=O) groups excluding carboxylic acids is 1. The van der Waals surface area contributed by atoms with E-state index in [4.69, 9.17) is 11.6 Å². The molecule has 1 aliphatic heterocycles. The Morgan fingerprint density at radius 2 is 1.55 bits per heavy atom. The van der Waals surface area contributed by atoms with Crippen LogP contribution < -0.4 is 0 Å². The first-order valence-corrected chi connectivity index (χ1v) is 6.28. The largest absolute Gasteiger partial charge is 0.338 e. The van der Waals surface area contributed by atoms with E-state index in [9.17, 15) is 26.7 Å². The van der Waals surface area contributed by atoms with Gasteiger partial charge in [0.2, 0.25) is 5.82 Å². The molecule has 1 aromatic rings. The summed E-state index contributed by atoms with van der Waals surface area (Å²) in [7, 11) is 0. The number of rotatable bonds is 2. The summed E-state index contributed by atoms with van der Waals surface area (Å²) in [6.07, 6.45) is 0.518. The second-order valence-electron chi connectivity index (χ2n) is 4.51. The molecule has 20 heavy (non-hydrogen) atoms. The van der Waals surface area contributed by atoms with Gasteiger partial charge < -0.3 is 4.90 Å². The number of benzene rings is 1. The van der Waals surface area contributed by atoms with Crippen molar-refractivity contribution in [3.8, 4) is 0 Å². The highest BCUT2D eigenvalue weighted by Gasteiger charge is 2.34. The van der Waals surface area contributed by atoms with E-state index in [0.717, 1.165) is 4.90 Å². The first-order valence-electron chi connectivity index (χ1n) is 5.75. The van der Waals surface area contributed by atoms with Gasteiger partial charge in [-0.2, -0.15) is 0 Å². The molecule has 0 saturated carbocycles. The molecule has 0 radical (unpaired) electrons. The summed E-state index contributed by atoms with van der Waals surface area (Å²) in [5.74, 6) is -11.8. The molecule has 1 atom stereocenters. The lowest BCUT2D eigenvalue weighted by molar-refractivity contribution is 0.0775. The topological polar surface area (TPSA) is 20.3 Å². The van der Waals surface area contributed by atoms with Crippen molar-refractivity contribution in [1.82, 2.24) is 4.90 Å². The molecule has 0 bridgehead atoms. The van der Waals surface area contributed by atoms with Gasteiger partial charge in [-0.25, -0.2) is 22.0 Å². The van der Waals surface area contributed by atoms with Crippen molar-refractivity contribution in [2.75, 3.05) is 19.0 Å². The lowest BCUT2D eigenvalue weighted by atomic mass is 10.1. The van der Waals surface area contributed by atoms with Crippen LogP contribution >= 0.6 is 11.6 Å². The van der Waals surface area contributed by atoms with Gasteiger partial charge in [0.1, 0.15) is 5.56 Å². The van der Waals surface area contributed by atoms with Crippen LogP contribution in [0.25, 0.3) is 0 Å². The molecule has 1 amide bonds. The highest BCUT2D eigenvalue weighted by Crippen LogP contribution is 2.26. The molecule has 1 heterocycles. The summed E-state index contributed by atoms with van der Waals surface area (Å²) >= 11 is 5.60. The average Bonchev–Trinajstić information content (AvgIpc) is 2.92. The predicted molar refractivity (Wildman–Crippen MR) is 61.0 cm³/mol. The summed E-state index contributed by atoms with van der Waals surface area (Å²) < 4.78 is 65.9. The van der Waals surface area contributed by atoms with Crippen LogP contribution in [0.2, 0.25) is 0 Å². The predicted octanol–water partition coefficient (Wildman–Crippen LogP) is 3.08. The van der Waals surface area contributed by atoms with Crippen molar-refractivity contribution in [2.24, 2.45) is 5.92 Å². The van der Waals surface area contributed by atoms with Gasteiger partial charge >= 0.3 is 0 Å². The second kappa shape index (κ2) is 5.55. The molecule has 1 unspecified atom stereocenters. The zero-order valence-electron chi connectivity index (χ0n) is 10.0. The van der Waals surface area contributed by atoms with E-state index in [1.165, 1.54) is 0 Å². The monoisotopic (exact) mass is 313 g/mol. The van der Waals surface area contributed by atoms with Gasteiger partial charge in [-0.3, -0.25) is 4.79 Å². The van der Waals surface area contributed by atoms with Gasteiger partial charge in [0.05, 0.1) is 0 Å². The standard InChI is InChI=1S/C12H9ClF5NO/c13-3-5-1-2-19(4-5)12(20)6-7(14)9(16)11(18)10(17)8(6)15/h5H,1-4H2. The van der Waals surface area contributed by atoms with E-state index in [0.29, 0.717) is 6.42 Å². The number of alkyl halides is 1. The Labute approximate surface area is 116 Å². The van der Waals surface area contributed by atoms with Gasteiger partial charge in [-0.1, -0.05) is 0 Å². The van der Waals surface area contributed by atoms with Crippen LogP contribution in [0.1, 0.15) is 16.8 Å². The molecule has 8 heteroatoms. The van der Waals surface area contributed by atoms with Crippen LogP contribution in [-0.4, -0.2) is 29.8 Å². The summed E-state index contributed by atoms with van der Waals surface area (Å²) in [5.41, 5.74) is -1.42. The zero-order chi connectivity index (χ0) is 15.0. The molecule has 110 valence electrons. The summed E-state index contributed by atoms with van der Waals surface area (Å²) in [6, 6.07) is 0. The minimum absolute atomic E-state index is 0.0538. The van der Waals surface area contributed by atoms with E-state index in [1.807, 2.05) is 0 Å². The third-order valence-corrected chi connectivity index (χ3v) is 3.65. The maximum Gasteiger partial charge on any atom is 0.260 e. The molecule has 0 aliphatic carbocycles. The molecule has 1 aliphatic rings. The van der Waals surface area contributed by atoms with Gasteiger partial charge in [0, 0.05) is 19.0 Å². The maximum atomic E-state index is 13.5. The molecular formula is C12H9ClF5NO. The first kappa shape index (κ1) is 15.0. The third-order valence-electron chi connectivity index (χ3n) is 3.21. The Bertz CT molecular complexity index is 536. The van der Waals surface area contributed by atoms with Crippen molar-refractivity contribution in [3.05, 3.63) is 34.6 Å². The minimum Gasteiger partial charge on any atom is -0.338 e. The molecule has 2 rings (SSSR count). The molecule has 0 N–H and O–H groups in total.